The van der Waals surface area contributed by atoms with Crippen molar-refractivity contribution in [3.63, 3.8) is 0 Å². The van der Waals surface area contributed by atoms with Gasteiger partial charge < -0.3 is 14.6 Å². The van der Waals surface area contributed by atoms with Gasteiger partial charge in [0.15, 0.2) is 0 Å². The van der Waals surface area contributed by atoms with E-state index in [-0.39, 0.29) is 18.1 Å². The predicted molar refractivity (Wildman–Crippen MR) is 132 cm³/mol. The molecule has 1 aromatic heterocycles. The number of aromatic carboxylic acids is 1. The summed E-state index contributed by atoms with van der Waals surface area (Å²) >= 11 is 0. The molecule has 0 aliphatic heterocycles. The monoisotopic (exact) mass is 453 g/mol. The molecule has 0 saturated heterocycles. The minimum absolute atomic E-state index is 0.0479. The summed E-state index contributed by atoms with van der Waals surface area (Å²) in [7, 11) is 0. The number of para-hydroxylation sites is 2. The van der Waals surface area contributed by atoms with Crippen LogP contribution < -0.4 is 9.47 Å². The van der Waals surface area contributed by atoms with Crippen molar-refractivity contribution in [1.82, 2.24) is 4.98 Å². The molecular weight excluding hydrogens is 426 g/mol. The fourth-order valence-corrected chi connectivity index (χ4v) is 3.73. The van der Waals surface area contributed by atoms with E-state index >= 15 is 0 Å². The van der Waals surface area contributed by atoms with Crippen molar-refractivity contribution in [2.45, 2.75) is 33.0 Å². The van der Waals surface area contributed by atoms with E-state index in [2.05, 4.69) is 18.8 Å². The number of hydrogen-bond donors (Lipinski definition) is 1. The molecule has 34 heavy (non-hydrogen) atoms. The Balaban J connectivity index is 1.62. The molecule has 0 amide bonds. The number of rotatable bonds is 9. The zero-order chi connectivity index (χ0) is 23.9. The summed E-state index contributed by atoms with van der Waals surface area (Å²) in [6.07, 6.45) is 0. The number of nitrogens with zero attached hydrogens (tertiary/aromatic N) is 1. The molecule has 3 aromatic carbocycles. The van der Waals surface area contributed by atoms with E-state index in [9.17, 15) is 9.90 Å². The van der Waals surface area contributed by atoms with E-state index in [0.29, 0.717) is 23.7 Å². The first-order valence-electron chi connectivity index (χ1n) is 11.2. The lowest BCUT2D eigenvalue weighted by Gasteiger charge is -2.16. The first kappa shape index (κ1) is 23.1. The number of benzene rings is 3. The van der Waals surface area contributed by atoms with Crippen LogP contribution in [0.4, 0.5) is 0 Å². The molecule has 1 heterocycles. The Labute approximate surface area is 199 Å². The van der Waals surface area contributed by atoms with E-state index < -0.39 is 5.97 Å². The Morgan fingerprint density at radius 1 is 0.794 bits per heavy atom. The van der Waals surface area contributed by atoms with Gasteiger partial charge in [0.1, 0.15) is 24.7 Å². The van der Waals surface area contributed by atoms with E-state index in [1.54, 1.807) is 12.1 Å². The number of aromatic nitrogens is 1. The molecule has 0 aliphatic carbocycles. The van der Waals surface area contributed by atoms with Crippen LogP contribution in [0.5, 0.6) is 11.5 Å². The maximum Gasteiger partial charge on any atom is 0.337 e. The van der Waals surface area contributed by atoms with E-state index in [4.69, 9.17) is 9.47 Å². The third-order valence-corrected chi connectivity index (χ3v) is 5.51. The molecule has 0 fully saturated rings. The highest BCUT2D eigenvalue weighted by Crippen LogP contribution is 2.31. The second kappa shape index (κ2) is 10.7. The van der Waals surface area contributed by atoms with Crippen LogP contribution >= 0.6 is 0 Å². The van der Waals surface area contributed by atoms with Gasteiger partial charge in [-0.1, -0.05) is 74.5 Å². The van der Waals surface area contributed by atoms with Gasteiger partial charge in [-0.3, -0.25) is 0 Å². The van der Waals surface area contributed by atoms with Gasteiger partial charge in [-0.2, -0.15) is 0 Å². The van der Waals surface area contributed by atoms with Gasteiger partial charge >= 0.3 is 5.97 Å². The molecule has 4 rings (SSSR count). The van der Waals surface area contributed by atoms with Gasteiger partial charge in [0.25, 0.3) is 0 Å². The standard InChI is InChI=1S/C29H27NO4/c1-20(2)22-12-6-8-14-27(22)34-19-26-24(29(31)32)16-17-25(30-26)23-13-7-9-15-28(23)33-18-21-10-4-3-5-11-21/h3-17,20H,18-19H2,1-2H3,(H,31,32). The van der Waals surface area contributed by atoms with Crippen LogP contribution in [0.15, 0.2) is 91.0 Å². The van der Waals surface area contributed by atoms with Crippen LogP contribution in [0.2, 0.25) is 0 Å². The Kier molecular flexibility index (Phi) is 7.23. The highest BCUT2D eigenvalue weighted by molar-refractivity contribution is 5.89. The van der Waals surface area contributed by atoms with Gasteiger partial charge in [-0.25, -0.2) is 9.78 Å². The normalized spacial score (nSPS) is 10.8. The number of ether oxygens (including phenoxy) is 2. The summed E-state index contributed by atoms with van der Waals surface area (Å²) in [6, 6.07) is 28.6. The first-order chi connectivity index (χ1) is 16.5. The lowest BCUT2D eigenvalue weighted by Crippen LogP contribution is -2.10. The number of pyridine rings is 1. The van der Waals surface area contributed by atoms with E-state index in [1.807, 2.05) is 78.9 Å². The third kappa shape index (κ3) is 5.44. The van der Waals surface area contributed by atoms with Crippen LogP contribution in [0.25, 0.3) is 11.3 Å². The maximum absolute atomic E-state index is 11.9. The van der Waals surface area contributed by atoms with Crippen LogP contribution in [0.1, 0.15) is 46.9 Å². The van der Waals surface area contributed by atoms with Crippen molar-refractivity contribution in [1.29, 1.82) is 0 Å². The predicted octanol–water partition coefficient (Wildman–Crippen LogP) is 6.73. The molecule has 172 valence electrons. The van der Waals surface area contributed by atoms with Gasteiger partial charge in [0.2, 0.25) is 0 Å². The number of carbonyl (C=O) groups is 1. The Bertz CT molecular complexity index is 1270. The fraction of sp³-hybridized carbons (Fsp3) is 0.172. The Morgan fingerprint density at radius 2 is 1.44 bits per heavy atom. The van der Waals surface area contributed by atoms with Crippen molar-refractivity contribution < 1.29 is 19.4 Å². The highest BCUT2D eigenvalue weighted by Gasteiger charge is 2.17. The summed E-state index contributed by atoms with van der Waals surface area (Å²) in [6.45, 7) is 4.66. The number of carboxylic acid groups (broad SMARTS) is 1. The van der Waals surface area contributed by atoms with Crippen molar-refractivity contribution in [2.24, 2.45) is 0 Å². The molecule has 0 spiro atoms. The summed E-state index contributed by atoms with van der Waals surface area (Å²) in [5.41, 5.74) is 4.03. The van der Waals surface area contributed by atoms with Crippen molar-refractivity contribution in [3.05, 3.63) is 113 Å². The molecule has 4 aromatic rings. The molecule has 0 unspecified atom stereocenters. The quantitative estimate of drug-likeness (QED) is 0.304. The lowest BCUT2D eigenvalue weighted by atomic mass is 10.0. The topological polar surface area (TPSA) is 68.7 Å². The van der Waals surface area contributed by atoms with Gasteiger partial charge in [-0.05, 0) is 47.4 Å². The Hall–Kier alpha value is -4.12. The smallest absolute Gasteiger partial charge is 0.337 e. The fourth-order valence-electron chi connectivity index (χ4n) is 3.73. The van der Waals surface area contributed by atoms with Gasteiger partial charge in [0.05, 0.1) is 17.0 Å². The summed E-state index contributed by atoms with van der Waals surface area (Å²) in [4.78, 5) is 16.5. The van der Waals surface area contributed by atoms with Crippen LogP contribution in [0.3, 0.4) is 0 Å². The SMILES string of the molecule is CC(C)c1ccccc1OCc1nc(-c2ccccc2OCc2ccccc2)ccc1C(=O)O. The van der Waals surface area contributed by atoms with E-state index in [1.165, 1.54) is 0 Å². The van der Waals surface area contributed by atoms with Crippen molar-refractivity contribution in [3.8, 4) is 22.8 Å². The average molecular weight is 454 g/mol. The maximum atomic E-state index is 11.9. The van der Waals surface area contributed by atoms with Crippen molar-refractivity contribution >= 4 is 5.97 Å². The summed E-state index contributed by atoms with van der Waals surface area (Å²) in [5.74, 6) is 0.651. The molecule has 0 saturated carbocycles. The highest BCUT2D eigenvalue weighted by atomic mass is 16.5. The first-order valence-corrected chi connectivity index (χ1v) is 11.2. The molecule has 5 heteroatoms. The Morgan fingerprint density at radius 3 is 2.18 bits per heavy atom. The summed E-state index contributed by atoms with van der Waals surface area (Å²) in [5, 5.41) is 9.71. The minimum atomic E-state index is -1.04. The number of hydrogen-bond acceptors (Lipinski definition) is 4. The lowest BCUT2D eigenvalue weighted by molar-refractivity contribution is 0.0693. The molecule has 0 bridgehead atoms. The second-order valence-electron chi connectivity index (χ2n) is 8.25. The van der Waals surface area contributed by atoms with Crippen molar-refractivity contribution in [2.75, 3.05) is 0 Å². The molecule has 5 nitrogen and oxygen atoms in total. The van der Waals surface area contributed by atoms with Crippen LogP contribution in [0, 0.1) is 0 Å². The van der Waals surface area contributed by atoms with Gasteiger partial charge in [0, 0.05) is 5.56 Å². The molecule has 0 radical (unpaired) electrons. The zero-order valence-electron chi connectivity index (χ0n) is 19.3. The summed E-state index contributed by atoms with van der Waals surface area (Å²) < 4.78 is 12.1. The van der Waals surface area contributed by atoms with Crippen LogP contribution in [-0.4, -0.2) is 16.1 Å². The van der Waals surface area contributed by atoms with Gasteiger partial charge in [-0.15, -0.1) is 0 Å². The number of carboxylic acids is 1. The average Bonchev–Trinajstić information content (AvgIpc) is 2.87. The molecule has 1 N–H and O–H groups in total. The molecule has 0 atom stereocenters. The molecular formula is C29H27NO4. The minimum Gasteiger partial charge on any atom is -0.488 e. The molecule has 0 aliphatic rings. The third-order valence-electron chi connectivity index (χ3n) is 5.51. The largest absolute Gasteiger partial charge is 0.488 e. The second-order valence-corrected chi connectivity index (χ2v) is 8.25. The van der Waals surface area contributed by atoms with E-state index in [0.717, 1.165) is 22.4 Å². The van der Waals surface area contributed by atoms with Crippen LogP contribution in [-0.2, 0) is 13.2 Å². The zero-order valence-corrected chi connectivity index (χ0v) is 19.3.